The molecule has 3 aromatic rings. The van der Waals surface area contributed by atoms with Crippen molar-refractivity contribution in [1.29, 1.82) is 10.5 Å². The predicted molar refractivity (Wildman–Crippen MR) is 97.4 cm³/mol. The van der Waals surface area contributed by atoms with Crippen LogP contribution in [0.2, 0.25) is 0 Å². The second kappa shape index (κ2) is 7.17. The lowest BCUT2D eigenvalue weighted by Crippen LogP contribution is -2.09. The Hall–Kier alpha value is -4.50. The van der Waals surface area contributed by atoms with Gasteiger partial charge in [0.25, 0.3) is 11.2 Å². The first-order valence-electron chi connectivity index (χ1n) is 7.58. The molecule has 0 aliphatic carbocycles. The molecule has 0 unspecified atom stereocenters. The Balaban J connectivity index is 2.14. The van der Waals surface area contributed by atoms with Crippen LogP contribution in [0.4, 0.5) is 11.4 Å². The van der Waals surface area contributed by atoms with Crippen LogP contribution in [0.3, 0.4) is 0 Å². The summed E-state index contributed by atoms with van der Waals surface area (Å²) in [6.45, 7) is 0. The van der Waals surface area contributed by atoms with Crippen molar-refractivity contribution < 1.29 is 4.92 Å². The van der Waals surface area contributed by atoms with Crippen LogP contribution >= 0.6 is 0 Å². The molecule has 0 spiro atoms. The Bertz CT molecular complexity index is 1210. The SMILES string of the molecule is N#CC(C#N)=CNc1ccc(-c2n[nH]c(=O)c3ccccc23)cc1[N+](=O)[O-]. The van der Waals surface area contributed by atoms with Crippen molar-refractivity contribution >= 4 is 22.1 Å². The number of anilines is 1. The van der Waals surface area contributed by atoms with Crippen LogP contribution in [-0.4, -0.2) is 15.1 Å². The molecule has 2 aromatic carbocycles. The van der Waals surface area contributed by atoms with Gasteiger partial charge in [-0.25, -0.2) is 5.10 Å². The van der Waals surface area contributed by atoms with E-state index >= 15 is 0 Å². The van der Waals surface area contributed by atoms with E-state index in [4.69, 9.17) is 10.5 Å². The Morgan fingerprint density at radius 3 is 2.56 bits per heavy atom. The quantitative estimate of drug-likeness (QED) is 0.414. The van der Waals surface area contributed by atoms with E-state index in [9.17, 15) is 14.9 Å². The van der Waals surface area contributed by atoms with Gasteiger partial charge < -0.3 is 5.32 Å². The van der Waals surface area contributed by atoms with Crippen molar-refractivity contribution in [3.05, 3.63) is 74.7 Å². The van der Waals surface area contributed by atoms with E-state index in [1.165, 1.54) is 12.1 Å². The third kappa shape index (κ3) is 3.34. The van der Waals surface area contributed by atoms with Crippen molar-refractivity contribution in [2.45, 2.75) is 0 Å². The molecule has 27 heavy (non-hydrogen) atoms. The Kier molecular flexibility index (Phi) is 4.60. The molecule has 0 bridgehead atoms. The standard InChI is InChI=1S/C18H10N6O3/c19-8-11(9-20)10-21-15-6-5-12(7-16(15)24(26)27)17-13-3-1-2-4-14(13)18(25)23-22-17/h1-7,10,21H,(H,23,25). The number of aromatic amines is 1. The molecule has 1 heterocycles. The third-order valence-electron chi connectivity index (χ3n) is 3.78. The van der Waals surface area contributed by atoms with E-state index in [-0.39, 0.29) is 22.5 Å². The fraction of sp³-hybridized carbons (Fsp3) is 0. The van der Waals surface area contributed by atoms with Gasteiger partial charge in [-0.1, -0.05) is 24.3 Å². The molecular formula is C18H10N6O3. The normalized spacial score (nSPS) is 9.85. The summed E-state index contributed by atoms with van der Waals surface area (Å²) in [6, 6.07) is 14.5. The van der Waals surface area contributed by atoms with E-state index in [1.54, 1.807) is 42.5 Å². The second-order valence-corrected chi connectivity index (χ2v) is 5.36. The zero-order chi connectivity index (χ0) is 19.4. The lowest BCUT2D eigenvalue weighted by atomic mass is 10.0. The highest BCUT2D eigenvalue weighted by atomic mass is 16.6. The van der Waals surface area contributed by atoms with Crippen molar-refractivity contribution in [3.8, 4) is 23.4 Å². The van der Waals surface area contributed by atoms with Gasteiger partial charge in [0.2, 0.25) is 0 Å². The molecule has 9 heteroatoms. The number of benzene rings is 2. The molecule has 0 fully saturated rings. The molecule has 0 amide bonds. The minimum atomic E-state index is -0.591. The molecule has 0 radical (unpaired) electrons. The summed E-state index contributed by atoms with van der Waals surface area (Å²) >= 11 is 0. The van der Waals surface area contributed by atoms with E-state index in [1.807, 2.05) is 0 Å². The van der Waals surface area contributed by atoms with E-state index in [2.05, 4.69) is 15.5 Å². The van der Waals surface area contributed by atoms with Gasteiger partial charge in [-0.05, 0) is 12.1 Å². The maximum Gasteiger partial charge on any atom is 0.293 e. The second-order valence-electron chi connectivity index (χ2n) is 5.36. The molecule has 0 saturated heterocycles. The number of rotatable bonds is 4. The summed E-state index contributed by atoms with van der Waals surface area (Å²) < 4.78 is 0. The van der Waals surface area contributed by atoms with Gasteiger partial charge in [-0.3, -0.25) is 14.9 Å². The number of fused-ring (bicyclic) bond motifs is 1. The lowest BCUT2D eigenvalue weighted by Gasteiger charge is -2.07. The van der Waals surface area contributed by atoms with Gasteiger partial charge in [0.15, 0.2) is 0 Å². The summed E-state index contributed by atoms with van der Waals surface area (Å²) in [5, 5.41) is 38.9. The van der Waals surface area contributed by atoms with E-state index in [0.717, 1.165) is 6.20 Å². The number of nitro groups is 1. The van der Waals surface area contributed by atoms with Crippen molar-refractivity contribution in [1.82, 2.24) is 10.2 Å². The lowest BCUT2D eigenvalue weighted by molar-refractivity contribution is -0.383. The molecule has 0 aliphatic heterocycles. The molecular weight excluding hydrogens is 348 g/mol. The first kappa shape index (κ1) is 17.3. The van der Waals surface area contributed by atoms with Crippen LogP contribution in [0.5, 0.6) is 0 Å². The number of hydrogen-bond acceptors (Lipinski definition) is 7. The minimum absolute atomic E-state index is 0.112. The summed E-state index contributed by atoms with van der Waals surface area (Å²) in [4.78, 5) is 22.8. The monoisotopic (exact) mass is 358 g/mol. The Morgan fingerprint density at radius 2 is 1.89 bits per heavy atom. The molecule has 1 aromatic heterocycles. The molecule has 3 rings (SSSR count). The topological polar surface area (TPSA) is 148 Å². The number of nitrogens with one attached hydrogen (secondary N) is 2. The highest BCUT2D eigenvalue weighted by Crippen LogP contribution is 2.32. The summed E-state index contributed by atoms with van der Waals surface area (Å²) in [5.74, 6) is 0. The van der Waals surface area contributed by atoms with E-state index in [0.29, 0.717) is 22.0 Å². The van der Waals surface area contributed by atoms with Gasteiger partial charge in [-0.2, -0.15) is 15.6 Å². The Morgan fingerprint density at radius 1 is 1.19 bits per heavy atom. The fourth-order valence-electron chi connectivity index (χ4n) is 2.53. The van der Waals surface area contributed by atoms with Crippen LogP contribution in [-0.2, 0) is 0 Å². The average molecular weight is 358 g/mol. The first-order valence-corrected chi connectivity index (χ1v) is 7.58. The summed E-state index contributed by atoms with van der Waals surface area (Å²) in [6.07, 6.45) is 1.09. The van der Waals surface area contributed by atoms with Crippen LogP contribution < -0.4 is 10.9 Å². The predicted octanol–water partition coefficient (Wildman–Crippen LogP) is 2.84. The van der Waals surface area contributed by atoms with Crippen LogP contribution in [0.25, 0.3) is 22.0 Å². The molecule has 130 valence electrons. The number of allylic oxidation sites excluding steroid dienone is 1. The summed E-state index contributed by atoms with van der Waals surface area (Å²) in [5.41, 5.74) is 0.0978. The number of hydrogen-bond donors (Lipinski definition) is 2. The number of nitro benzene ring substituents is 1. The third-order valence-corrected chi connectivity index (χ3v) is 3.78. The molecule has 0 aliphatic rings. The van der Waals surface area contributed by atoms with Gasteiger partial charge in [-0.15, -0.1) is 0 Å². The first-order chi connectivity index (χ1) is 13.0. The van der Waals surface area contributed by atoms with Gasteiger partial charge >= 0.3 is 0 Å². The maximum atomic E-state index is 11.9. The number of nitriles is 2. The van der Waals surface area contributed by atoms with E-state index < -0.39 is 4.92 Å². The largest absolute Gasteiger partial charge is 0.354 e. The molecule has 9 nitrogen and oxygen atoms in total. The number of aromatic nitrogens is 2. The van der Waals surface area contributed by atoms with Crippen LogP contribution in [0, 0.1) is 32.8 Å². The van der Waals surface area contributed by atoms with Crippen LogP contribution in [0.15, 0.2) is 59.0 Å². The molecule has 0 atom stereocenters. The molecule has 0 saturated carbocycles. The highest BCUT2D eigenvalue weighted by Gasteiger charge is 2.17. The fourth-order valence-corrected chi connectivity index (χ4v) is 2.53. The Labute approximate surface area is 151 Å². The van der Waals surface area contributed by atoms with Gasteiger partial charge in [0.1, 0.15) is 23.4 Å². The zero-order valence-corrected chi connectivity index (χ0v) is 13.6. The van der Waals surface area contributed by atoms with Crippen molar-refractivity contribution in [2.24, 2.45) is 0 Å². The summed E-state index contributed by atoms with van der Waals surface area (Å²) in [7, 11) is 0. The number of H-pyrrole nitrogens is 1. The van der Waals surface area contributed by atoms with Crippen LogP contribution in [0.1, 0.15) is 0 Å². The smallest absolute Gasteiger partial charge is 0.293 e. The minimum Gasteiger partial charge on any atom is -0.354 e. The van der Waals surface area contributed by atoms with Crippen molar-refractivity contribution in [3.63, 3.8) is 0 Å². The van der Waals surface area contributed by atoms with Gasteiger partial charge in [0, 0.05) is 23.2 Å². The molecule has 2 N–H and O–H groups in total. The van der Waals surface area contributed by atoms with Crippen molar-refractivity contribution in [2.75, 3.05) is 5.32 Å². The maximum absolute atomic E-state index is 11.9. The zero-order valence-electron chi connectivity index (χ0n) is 13.6. The average Bonchev–Trinajstić information content (AvgIpc) is 2.69. The van der Waals surface area contributed by atoms with Gasteiger partial charge in [0.05, 0.1) is 16.0 Å². The highest BCUT2D eigenvalue weighted by molar-refractivity contribution is 5.94. The number of nitrogens with zero attached hydrogens (tertiary/aromatic N) is 4.